The number of carboxylic acids is 1. The van der Waals surface area contributed by atoms with Gasteiger partial charge in [-0.1, -0.05) is 0 Å². The van der Waals surface area contributed by atoms with Crippen molar-refractivity contribution < 1.29 is 19.4 Å². The molecule has 1 aromatic rings. The third-order valence-electron chi connectivity index (χ3n) is 3.30. The zero-order valence-electron chi connectivity index (χ0n) is 12.4. The van der Waals surface area contributed by atoms with Crippen molar-refractivity contribution in [3.8, 4) is 0 Å². The molecule has 0 bridgehead atoms. The molecule has 0 aliphatic carbocycles. The van der Waals surface area contributed by atoms with Crippen LogP contribution in [0.1, 0.15) is 30.5 Å². The minimum absolute atomic E-state index is 0.0274. The molecular formula is C13H18N2O6. The maximum atomic E-state index is 12.2. The minimum Gasteiger partial charge on any atom is -0.481 e. The van der Waals surface area contributed by atoms with E-state index in [1.54, 1.807) is 6.92 Å². The van der Waals surface area contributed by atoms with Gasteiger partial charge in [-0.15, -0.1) is 0 Å². The molecule has 1 aromatic heterocycles. The van der Waals surface area contributed by atoms with Crippen LogP contribution in [0.3, 0.4) is 0 Å². The van der Waals surface area contributed by atoms with Crippen molar-refractivity contribution >= 4 is 11.9 Å². The molecule has 8 nitrogen and oxygen atoms in total. The van der Waals surface area contributed by atoms with E-state index in [4.69, 9.17) is 9.84 Å². The van der Waals surface area contributed by atoms with E-state index in [1.165, 1.54) is 25.6 Å². The maximum Gasteiger partial charge on any atom is 0.330 e. The molecule has 1 atom stereocenters. The quantitative estimate of drug-likeness (QED) is 0.735. The van der Waals surface area contributed by atoms with Gasteiger partial charge in [0.1, 0.15) is 0 Å². The smallest absolute Gasteiger partial charge is 0.330 e. The number of ether oxygens (including phenoxy) is 1. The summed E-state index contributed by atoms with van der Waals surface area (Å²) in [4.78, 5) is 47.0. The molecule has 0 aromatic carbocycles. The normalized spacial score (nSPS) is 12.0. The summed E-state index contributed by atoms with van der Waals surface area (Å²) in [6.45, 7) is 3.15. The molecule has 0 aliphatic heterocycles. The predicted octanol–water partition coefficient (Wildman–Crippen LogP) is -0.486. The highest BCUT2D eigenvalue weighted by Gasteiger charge is 2.31. The molecule has 1 heterocycles. The highest BCUT2D eigenvalue weighted by Crippen LogP contribution is 2.21. The van der Waals surface area contributed by atoms with Crippen LogP contribution in [0.15, 0.2) is 9.59 Å². The van der Waals surface area contributed by atoms with Crippen molar-refractivity contribution in [2.45, 2.75) is 26.2 Å². The first kappa shape index (κ1) is 16.7. The van der Waals surface area contributed by atoms with Crippen molar-refractivity contribution in [2.24, 2.45) is 14.1 Å². The number of carbonyl (C=O) groups is 2. The van der Waals surface area contributed by atoms with Crippen LogP contribution in [0, 0.1) is 6.92 Å². The average Bonchev–Trinajstić information content (AvgIpc) is 2.42. The van der Waals surface area contributed by atoms with Crippen LogP contribution < -0.4 is 11.2 Å². The first-order chi connectivity index (χ1) is 9.72. The molecule has 8 heteroatoms. The second-order valence-electron chi connectivity index (χ2n) is 4.61. The Balaban J connectivity index is 3.59. The molecule has 0 saturated heterocycles. The lowest BCUT2D eigenvalue weighted by atomic mass is 9.95. The molecule has 0 spiro atoms. The summed E-state index contributed by atoms with van der Waals surface area (Å²) in [5.41, 5.74) is -1.00. The second-order valence-corrected chi connectivity index (χ2v) is 4.61. The topological polar surface area (TPSA) is 108 Å². The van der Waals surface area contributed by atoms with Gasteiger partial charge in [0.15, 0.2) is 0 Å². The molecule has 0 radical (unpaired) electrons. The number of rotatable bonds is 5. The van der Waals surface area contributed by atoms with E-state index in [1.807, 2.05) is 0 Å². The van der Waals surface area contributed by atoms with Gasteiger partial charge < -0.3 is 14.4 Å². The first-order valence-corrected chi connectivity index (χ1v) is 6.37. The summed E-state index contributed by atoms with van der Waals surface area (Å²) in [6, 6.07) is 0. The second kappa shape index (κ2) is 6.38. The van der Waals surface area contributed by atoms with Gasteiger partial charge in [0.05, 0.1) is 24.5 Å². The highest BCUT2D eigenvalue weighted by atomic mass is 16.5. The Morgan fingerprint density at radius 2 is 1.81 bits per heavy atom. The minimum atomic E-state index is -1.24. The number of carboxylic acid groups (broad SMARTS) is 1. The standard InChI is InChI=1S/C13H18N2O6/c1-5-21-12(19)8(6-9(16)17)10-7(2)14(3)13(20)15(4)11(10)18/h8H,5-6H2,1-4H3,(H,16,17)/t8-/m0/s1. The van der Waals surface area contributed by atoms with Crippen LogP contribution in [0.5, 0.6) is 0 Å². The van der Waals surface area contributed by atoms with E-state index < -0.39 is 35.5 Å². The third-order valence-corrected chi connectivity index (χ3v) is 3.30. The predicted molar refractivity (Wildman–Crippen MR) is 73.3 cm³/mol. The zero-order valence-corrected chi connectivity index (χ0v) is 12.4. The van der Waals surface area contributed by atoms with Gasteiger partial charge in [0, 0.05) is 19.8 Å². The van der Waals surface area contributed by atoms with Crippen molar-refractivity contribution in [3.05, 3.63) is 32.1 Å². The fraction of sp³-hybridized carbons (Fsp3) is 0.538. The average molecular weight is 298 g/mol. The molecular weight excluding hydrogens is 280 g/mol. The number of carbonyl (C=O) groups excluding carboxylic acids is 1. The number of hydrogen-bond donors (Lipinski definition) is 1. The van der Waals surface area contributed by atoms with Crippen LogP contribution in [0.4, 0.5) is 0 Å². The summed E-state index contributed by atoms with van der Waals surface area (Å²) in [7, 11) is 2.72. The maximum absolute atomic E-state index is 12.2. The Kier molecular flexibility index (Phi) is 5.07. The lowest BCUT2D eigenvalue weighted by Crippen LogP contribution is -2.42. The largest absolute Gasteiger partial charge is 0.481 e. The Morgan fingerprint density at radius 1 is 1.24 bits per heavy atom. The van der Waals surface area contributed by atoms with Crippen molar-refractivity contribution in [1.29, 1.82) is 0 Å². The Bertz CT molecular complexity index is 685. The van der Waals surface area contributed by atoms with Gasteiger partial charge in [0.2, 0.25) is 0 Å². The van der Waals surface area contributed by atoms with E-state index in [0.717, 1.165) is 4.57 Å². The molecule has 0 saturated carbocycles. The summed E-state index contributed by atoms with van der Waals surface area (Å²) in [5, 5.41) is 8.95. The molecule has 21 heavy (non-hydrogen) atoms. The van der Waals surface area contributed by atoms with Gasteiger partial charge in [-0.2, -0.15) is 0 Å². The van der Waals surface area contributed by atoms with Crippen LogP contribution in [0.2, 0.25) is 0 Å². The van der Waals surface area contributed by atoms with Crippen LogP contribution in [-0.2, 0) is 28.4 Å². The fourth-order valence-corrected chi connectivity index (χ4v) is 2.09. The summed E-state index contributed by atoms with van der Waals surface area (Å²) < 4.78 is 6.88. The van der Waals surface area contributed by atoms with Crippen molar-refractivity contribution in [2.75, 3.05) is 6.61 Å². The Hall–Kier alpha value is -2.38. The third kappa shape index (κ3) is 3.21. The lowest BCUT2D eigenvalue weighted by molar-refractivity contribution is -0.149. The first-order valence-electron chi connectivity index (χ1n) is 6.37. The molecule has 1 N–H and O–H groups in total. The molecule has 0 unspecified atom stereocenters. The van der Waals surface area contributed by atoms with E-state index >= 15 is 0 Å². The van der Waals surface area contributed by atoms with E-state index in [2.05, 4.69) is 0 Å². The highest BCUT2D eigenvalue weighted by molar-refractivity contribution is 5.84. The number of nitrogens with zero attached hydrogens (tertiary/aromatic N) is 2. The molecule has 0 fully saturated rings. The van der Waals surface area contributed by atoms with Crippen LogP contribution in [-0.4, -0.2) is 32.8 Å². The molecule has 0 amide bonds. The Morgan fingerprint density at radius 3 is 2.29 bits per heavy atom. The van der Waals surface area contributed by atoms with Crippen molar-refractivity contribution in [1.82, 2.24) is 9.13 Å². The molecule has 1 rings (SSSR count). The van der Waals surface area contributed by atoms with Crippen LogP contribution in [0.25, 0.3) is 0 Å². The number of hydrogen-bond acceptors (Lipinski definition) is 5. The SMILES string of the molecule is CCOC(=O)[C@@H](CC(=O)O)c1c(C)n(C)c(=O)n(C)c1=O. The summed E-state index contributed by atoms with van der Waals surface area (Å²) in [5.74, 6) is -3.27. The summed E-state index contributed by atoms with van der Waals surface area (Å²) in [6.07, 6.45) is -0.576. The Labute approximate surface area is 120 Å². The van der Waals surface area contributed by atoms with E-state index in [9.17, 15) is 19.2 Å². The van der Waals surface area contributed by atoms with Gasteiger partial charge in [0.25, 0.3) is 5.56 Å². The monoisotopic (exact) mass is 298 g/mol. The number of aromatic nitrogens is 2. The van der Waals surface area contributed by atoms with Gasteiger partial charge in [-0.05, 0) is 13.8 Å². The van der Waals surface area contributed by atoms with Gasteiger partial charge in [-0.3, -0.25) is 19.0 Å². The summed E-state index contributed by atoms with van der Waals surface area (Å²) >= 11 is 0. The van der Waals surface area contributed by atoms with E-state index in [-0.39, 0.29) is 17.9 Å². The fourth-order valence-electron chi connectivity index (χ4n) is 2.09. The van der Waals surface area contributed by atoms with Gasteiger partial charge >= 0.3 is 17.6 Å². The van der Waals surface area contributed by atoms with Gasteiger partial charge in [-0.25, -0.2) is 4.79 Å². The van der Waals surface area contributed by atoms with Crippen LogP contribution >= 0.6 is 0 Å². The number of esters is 1. The lowest BCUT2D eigenvalue weighted by Gasteiger charge is -2.18. The van der Waals surface area contributed by atoms with Crippen molar-refractivity contribution in [3.63, 3.8) is 0 Å². The molecule has 116 valence electrons. The number of aliphatic carboxylic acids is 1. The zero-order chi connectivity index (χ0) is 16.3. The van der Waals surface area contributed by atoms with E-state index in [0.29, 0.717) is 0 Å². The molecule has 0 aliphatic rings.